The smallest absolute Gasteiger partial charge is 0.269 e. The number of hydrogen-bond acceptors (Lipinski definition) is 5. The first kappa shape index (κ1) is 12.6. The second kappa shape index (κ2) is 4.82. The number of ether oxygens (including phenoxy) is 1. The van der Waals surface area contributed by atoms with E-state index in [1.54, 1.807) is 31.3 Å². The van der Waals surface area contributed by atoms with Gasteiger partial charge in [-0.2, -0.15) is 5.26 Å². The van der Waals surface area contributed by atoms with Gasteiger partial charge >= 0.3 is 0 Å². The SMILES string of the molecule is CNc1ccc(C2=C(C#N)C(=O)NC2=O)c(OC)c1. The quantitative estimate of drug-likeness (QED) is 0.776. The lowest BCUT2D eigenvalue weighted by molar-refractivity contribution is -0.123. The van der Waals surface area contributed by atoms with E-state index < -0.39 is 11.8 Å². The number of nitrogens with zero attached hydrogens (tertiary/aromatic N) is 1. The Bertz CT molecular complexity index is 641. The molecule has 2 N–H and O–H groups in total. The molecule has 0 bridgehead atoms. The van der Waals surface area contributed by atoms with Gasteiger partial charge in [0.2, 0.25) is 0 Å². The Morgan fingerprint density at radius 3 is 2.63 bits per heavy atom. The normalized spacial score (nSPS) is 14.2. The van der Waals surface area contributed by atoms with Crippen LogP contribution < -0.4 is 15.4 Å². The van der Waals surface area contributed by atoms with E-state index in [2.05, 4.69) is 10.6 Å². The maximum atomic E-state index is 11.8. The molecule has 0 saturated heterocycles. The van der Waals surface area contributed by atoms with Crippen molar-refractivity contribution < 1.29 is 14.3 Å². The van der Waals surface area contributed by atoms with Crippen molar-refractivity contribution in [2.24, 2.45) is 0 Å². The van der Waals surface area contributed by atoms with Crippen LogP contribution in [0.2, 0.25) is 0 Å². The van der Waals surface area contributed by atoms with Crippen molar-refractivity contribution in [3.63, 3.8) is 0 Å². The number of carbonyl (C=O) groups is 2. The molecule has 0 spiro atoms. The third-order valence-electron chi connectivity index (χ3n) is 2.80. The Morgan fingerprint density at radius 1 is 1.32 bits per heavy atom. The van der Waals surface area contributed by atoms with Crippen LogP contribution in [0, 0.1) is 11.3 Å². The first-order valence-corrected chi connectivity index (χ1v) is 5.48. The van der Waals surface area contributed by atoms with Crippen LogP contribution in [0.5, 0.6) is 5.75 Å². The molecule has 0 radical (unpaired) electrons. The van der Waals surface area contributed by atoms with Crippen LogP contribution >= 0.6 is 0 Å². The van der Waals surface area contributed by atoms with Crippen molar-refractivity contribution >= 4 is 23.1 Å². The highest BCUT2D eigenvalue weighted by Crippen LogP contribution is 2.33. The van der Waals surface area contributed by atoms with Gasteiger partial charge in [0.1, 0.15) is 17.4 Å². The van der Waals surface area contributed by atoms with Crippen molar-refractivity contribution in [3.05, 3.63) is 29.3 Å². The molecule has 2 amide bonds. The Kier molecular flexibility index (Phi) is 3.21. The molecule has 0 unspecified atom stereocenters. The average Bonchev–Trinajstić information content (AvgIpc) is 2.71. The molecule has 6 heteroatoms. The minimum absolute atomic E-state index is 0.0482. The molecule has 1 aliphatic rings. The molecule has 2 rings (SSSR count). The third-order valence-corrected chi connectivity index (χ3v) is 2.80. The van der Waals surface area contributed by atoms with Crippen molar-refractivity contribution in [3.8, 4) is 11.8 Å². The van der Waals surface area contributed by atoms with Crippen LogP contribution in [0.25, 0.3) is 5.57 Å². The molecule has 6 nitrogen and oxygen atoms in total. The molecule has 0 fully saturated rings. The van der Waals surface area contributed by atoms with E-state index in [-0.39, 0.29) is 11.1 Å². The summed E-state index contributed by atoms with van der Waals surface area (Å²) in [5, 5.41) is 14.0. The van der Waals surface area contributed by atoms with Gasteiger partial charge in [0.05, 0.1) is 12.7 Å². The van der Waals surface area contributed by atoms with Crippen LogP contribution in [-0.2, 0) is 9.59 Å². The number of benzene rings is 1. The van der Waals surface area contributed by atoms with Crippen molar-refractivity contribution in [1.29, 1.82) is 5.26 Å². The van der Waals surface area contributed by atoms with Gasteiger partial charge in [0.15, 0.2) is 0 Å². The number of methoxy groups -OCH3 is 1. The number of hydrogen-bond donors (Lipinski definition) is 2. The number of rotatable bonds is 3. The molecule has 1 heterocycles. The maximum absolute atomic E-state index is 11.8. The molecular formula is C13H11N3O3. The molecule has 0 atom stereocenters. The second-order valence-electron chi connectivity index (χ2n) is 3.81. The minimum atomic E-state index is -0.678. The zero-order valence-corrected chi connectivity index (χ0v) is 10.4. The predicted molar refractivity (Wildman–Crippen MR) is 68.2 cm³/mol. The fourth-order valence-electron chi connectivity index (χ4n) is 1.87. The summed E-state index contributed by atoms with van der Waals surface area (Å²) in [6.07, 6.45) is 0. The topological polar surface area (TPSA) is 91.2 Å². The zero-order valence-electron chi connectivity index (χ0n) is 10.4. The van der Waals surface area contributed by atoms with Gasteiger partial charge in [-0.1, -0.05) is 0 Å². The Hall–Kier alpha value is -2.81. The van der Waals surface area contributed by atoms with Crippen molar-refractivity contribution in [1.82, 2.24) is 5.32 Å². The Balaban J connectivity index is 2.65. The zero-order chi connectivity index (χ0) is 14.0. The van der Waals surface area contributed by atoms with Crippen molar-refractivity contribution in [2.75, 3.05) is 19.5 Å². The molecule has 0 aliphatic carbocycles. The summed E-state index contributed by atoms with van der Waals surface area (Å²) < 4.78 is 5.20. The molecule has 96 valence electrons. The van der Waals surface area contributed by atoms with Crippen LogP contribution in [0.15, 0.2) is 23.8 Å². The fraction of sp³-hybridized carbons (Fsp3) is 0.154. The molecule has 0 saturated carbocycles. The van der Waals surface area contributed by atoms with E-state index in [0.717, 1.165) is 5.69 Å². The summed E-state index contributed by atoms with van der Waals surface area (Å²) in [6.45, 7) is 0. The van der Waals surface area contributed by atoms with Gasteiger partial charge in [0, 0.05) is 24.4 Å². The molecular weight excluding hydrogens is 246 g/mol. The molecule has 19 heavy (non-hydrogen) atoms. The van der Waals surface area contributed by atoms with E-state index in [4.69, 9.17) is 10.00 Å². The number of anilines is 1. The number of nitriles is 1. The summed E-state index contributed by atoms with van der Waals surface area (Å²) in [5.41, 5.74) is 1.07. The Labute approximate surface area is 109 Å². The van der Waals surface area contributed by atoms with Gasteiger partial charge in [0.25, 0.3) is 11.8 Å². The molecule has 1 aliphatic heterocycles. The summed E-state index contributed by atoms with van der Waals surface area (Å²) in [6, 6.07) is 6.80. The van der Waals surface area contributed by atoms with Crippen LogP contribution in [-0.4, -0.2) is 26.0 Å². The highest BCUT2D eigenvalue weighted by molar-refractivity contribution is 6.37. The summed E-state index contributed by atoms with van der Waals surface area (Å²) in [7, 11) is 3.21. The number of amides is 2. The standard InChI is InChI=1S/C13H11N3O3/c1-15-7-3-4-8(10(5-7)19-2)11-9(6-14)12(17)16-13(11)18/h3-5,15H,1-2H3,(H,16,17,18). The number of carbonyl (C=O) groups excluding carboxylic acids is 2. The van der Waals surface area contributed by atoms with Gasteiger partial charge in [-0.15, -0.1) is 0 Å². The highest BCUT2D eigenvalue weighted by Gasteiger charge is 2.32. The summed E-state index contributed by atoms with van der Waals surface area (Å²) >= 11 is 0. The lowest BCUT2D eigenvalue weighted by Gasteiger charge is -2.10. The largest absolute Gasteiger partial charge is 0.496 e. The molecule has 1 aromatic rings. The van der Waals surface area contributed by atoms with E-state index >= 15 is 0 Å². The van der Waals surface area contributed by atoms with Gasteiger partial charge in [-0.05, 0) is 12.1 Å². The third kappa shape index (κ3) is 2.02. The monoisotopic (exact) mass is 257 g/mol. The van der Waals surface area contributed by atoms with E-state index in [0.29, 0.717) is 11.3 Å². The molecule has 1 aromatic carbocycles. The number of nitrogens with one attached hydrogen (secondary N) is 2. The summed E-state index contributed by atoms with van der Waals surface area (Å²) in [4.78, 5) is 23.2. The molecule has 0 aromatic heterocycles. The summed E-state index contributed by atoms with van der Waals surface area (Å²) in [5.74, 6) is -0.848. The van der Waals surface area contributed by atoms with Crippen LogP contribution in [0.1, 0.15) is 5.56 Å². The van der Waals surface area contributed by atoms with E-state index in [1.165, 1.54) is 7.11 Å². The second-order valence-corrected chi connectivity index (χ2v) is 3.81. The van der Waals surface area contributed by atoms with Gasteiger partial charge in [-0.3, -0.25) is 14.9 Å². The average molecular weight is 257 g/mol. The first-order valence-electron chi connectivity index (χ1n) is 5.48. The lowest BCUT2D eigenvalue weighted by atomic mass is 10.0. The maximum Gasteiger partial charge on any atom is 0.269 e. The van der Waals surface area contributed by atoms with Gasteiger partial charge in [-0.25, -0.2) is 0 Å². The van der Waals surface area contributed by atoms with Crippen LogP contribution in [0.4, 0.5) is 5.69 Å². The lowest BCUT2D eigenvalue weighted by Crippen LogP contribution is -2.22. The minimum Gasteiger partial charge on any atom is -0.496 e. The first-order chi connectivity index (χ1) is 9.12. The van der Waals surface area contributed by atoms with Gasteiger partial charge < -0.3 is 10.1 Å². The van der Waals surface area contributed by atoms with E-state index in [1.807, 2.05) is 0 Å². The predicted octanol–water partition coefficient (Wildman–Crippen LogP) is 0.670. The number of imide groups is 1. The fourth-order valence-corrected chi connectivity index (χ4v) is 1.87. The van der Waals surface area contributed by atoms with E-state index in [9.17, 15) is 9.59 Å². The van der Waals surface area contributed by atoms with Crippen LogP contribution in [0.3, 0.4) is 0 Å². The highest BCUT2D eigenvalue weighted by atomic mass is 16.5. The van der Waals surface area contributed by atoms with Crippen molar-refractivity contribution in [2.45, 2.75) is 0 Å². The Morgan fingerprint density at radius 2 is 2.05 bits per heavy atom.